The highest BCUT2D eigenvalue weighted by atomic mass is 19.3. The normalized spacial score (nSPS) is 11.2. The number of benzene rings is 4. The van der Waals surface area contributed by atoms with E-state index in [0.717, 1.165) is 29.4 Å². The fraction of sp³-hybridized carbons (Fsp3) is 0.154. The average molecular weight is 406 g/mol. The van der Waals surface area contributed by atoms with Crippen LogP contribution in [0.1, 0.15) is 18.9 Å². The van der Waals surface area contributed by atoms with Crippen molar-refractivity contribution < 1.29 is 17.9 Å². The van der Waals surface area contributed by atoms with Crippen molar-refractivity contribution in [2.45, 2.75) is 26.4 Å². The van der Waals surface area contributed by atoms with Crippen molar-refractivity contribution in [3.05, 3.63) is 90.2 Å². The van der Waals surface area contributed by atoms with E-state index in [9.17, 15) is 8.78 Å². The first-order valence-electron chi connectivity index (χ1n) is 9.92. The van der Waals surface area contributed by atoms with Gasteiger partial charge < -0.3 is 4.74 Å². The van der Waals surface area contributed by atoms with Gasteiger partial charge in [-0.3, -0.25) is 0 Å². The molecule has 4 aromatic rings. The Bertz CT molecular complexity index is 1150. The van der Waals surface area contributed by atoms with Crippen LogP contribution < -0.4 is 4.74 Å². The third kappa shape index (κ3) is 4.18. The van der Waals surface area contributed by atoms with E-state index < -0.39 is 6.61 Å². The van der Waals surface area contributed by atoms with Crippen LogP contribution in [-0.4, -0.2) is 6.61 Å². The molecular formula is C26H21F3O. The fourth-order valence-electron chi connectivity index (χ4n) is 3.66. The van der Waals surface area contributed by atoms with Crippen molar-refractivity contribution >= 4 is 10.8 Å². The molecule has 0 N–H and O–H groups in total. The van der Waals surface area contributed by atoms with Gasteiger partial charge >= 0.3 is 6.61 Å². The lowest BCUT2D eigenvalue weighted by Gasteiger charge is -2.10. The van der Waals surface area contributed by atoms with E-state index in [4.69, 9.17) is 0 Å². The van der Waals surface area contributed by atoms with Crippen LogP contribution in [0.2, 0.25) is 0 Å². The number of halogens is 3. The molecule has 0 bridgehead atoms. The standard InChI is InChI=1S/C26H21F3O/c1-2-3-17-4-6-18(7-5-17)20-10-14-24-21(16-20)11-15-23(25(24)27)19-8-12-22(13-9-19)30-26(28)29/h4-16,26H,2-3H2,1H3. The average Bonchev–Trinajstić information content (AvgIpc) is 2.75. The largest absolute Gasteiger partial charge is 0.435 e. The van der Waals surface area contributed by atoms with E-state index >= 15 is 4.39 Å². The molecule has 4 aromatic carbocycles. The summed E-state index contributed by atoms with van der Waals surface area (Å²) in [5, 5.41) is 1.33. The smallest absolute Gasteiger partial charge is 0.387 e. The summed E-state index contributed by atoms with van der Waals surface area (Å²) < 4.78 is 44.2. The number of fused-ring (bicyclic) bond motifs is 1. The van der Waals surface area contributed by atoms with Gasteiger partial charge in [-0.15, -0.1) is 0 Å². The fourth-order valence-corrected chi connectivity index (χ4v) is 3.66. The second-order valence-electron chi connectivity index (χ2n) is 7.21. The lowest BCUT2D eigenvalue weighted by atomic mass is 9.96. The first-order chi connectivity index (χ1) is 14.5. The van der Waals surface area contributed by atoms with Crippen LogP contribution in [0, 0.1) is 5.82 Å². The lowest BCUT2D eigenvalue weighted by Crippen LogP contribution is -2.01. The van der Waals surface area contributed by atoms with Gasteiger partial charge in [-0.1, -0.05) is 74.0 Å². The molecule has 4 rings (SSSR count). The molecule has 0 atom stereocenters. The Kier molecular flexibility index (Phi) is 5.75. The molecule has 0 amide bonds. The highest BCUT2D eigenvalue weighted by Crippen LogP contribution is 2.32. The highest BCUT2D eigenvalue weighted by Gasteiger charge is 2.11. The molecule has 0 aliphatic carbocycles. The summed E-state index contributed by atoms with van der Waals surface area (Å²) in [6.07, 6.45) is 2.17. The van der Waals surface area contributed by atoms with Crippen molar-refractivity contribution in [3.63, 3.8) is 0 Å². The van der Waals surface area contributed by atoms with Crippen LogP contribution in [0.25, 0.3) is 33.0 Å². The van der Waals surface area contributed by atoms with Gasteiger partial charge in [0.05, 0.1) is 0 Å². The van der Waals surface area contributed by atoms with Crippen LogP contribution >= 0.6 is 0 Å². The van der Waals surface area contributed by atoms with Crippen LogP contribution in [0.5, 0.6) is 5.75 Å². The summed E-state index contributed by atoms with van der Waals surface area (Å²) >= 11 is 0. The first kappa shape index (κ1) is 20.0. The number of ether oxygens (including phenoxy) is 1. The van der Waals surface area contributed by atoms with E-state index in [2.05, 4.69) is 35.9 Å². The molecule has 0 heterocycles. The third-order valence-electron chi connectivity index (χ3n) is 5.17. The van der Waals surface area contributed by atoms with E-state index in [1.807, 2.05) is 18.2 Å². The SMILES string of the molecule is CCCc1ccc(-c2ccc3c(F)c(-c4ccc(OC(F)F)cc4)ccc3c2)cc1. The Balaban J connectivity index is 1.65. The second kappa shape index (κ2) is 8.62. The van der Waals surface area contributed by atoms with Crippen LogP contribution in [0.3, 0.4) is 0 Å². The monoisotopic (exact) mass is 406 g/mol. The number of alkyl halides is 2. The Hall–Kier alpha value is -3.27. The summed E-state index contributed by atoms with van der Waals surface area (Å²) in [5.41, 5.74) is 4.46. The summed E-state index contributed by atoms with van der Waals surface area (Å²) in [6.45, 7) is -0.726. The molecule has 0 saturated carbocycles. The van der Waals surface area contributed by atoms with E-state index in [0.29, 0.717) is 16.5 Å². The summed E-state index contributed by atoms with van der Waals surface area (Å²) in [6, 6.07) is 23.7. The first-order valence-corrected chi connectivity index (χ1v) is 9.92. The van der Waals surface area contributed by atoms with E-state index in [1.54, 1.807) is 24.3 Å². The number of hydrogen-bond donors (Lipinski definition) is 0. The van der Waals surface area contributed by atoms with Gasteiger partial charge in [0, 0.05) is 10.9 Å². The van der Waals surface area contributed by atoms with Crippen LogP contribution in [0.4, 0.5) is 13.2 Å². The van der Waals surface area contributed by atoms with Gasteiger partial charge in [0.2, 0.25) is 0 Å². The number of hydrogen-bond acceptors (Lipinski definition) is 1. The minimum atomic E-state index is -2.88. The minimum Gasteiger partial charge on any atom is -0.435 e. The van der Waals surface area contributed by atoms with E-state index in [1.165, 1.54) is 17.7 Å². The zero-order valence-corrected chi connectivity index (χ0v) is 16.5. The molecule has 0 spiro atoms. The van der Waals surface area contributed by atoms with Gasteiger partial charge in [0.25, 0.3) is 0 Å². The van der Waals surface area contributed by atoms with E-state index in [-0.39, 0.29) is 11.6 Å². The molecule has 4 heteroatoms. The topological polar surface area (TPSA) is 9.23 Å². The Morgan fingerprint density at radius 3 is 2.10 bits per heavy atom. The zero-order valence-electron chi connectivity index (χ0n) is 16.5. The number of rotatable bonds is 6. The van der Waals surface area contributed by atoms with Crippen molar-refractivity contribution in [1.82, 2.24) is 0 Å². The Labute approximate surface area is 173 Å². The third-order valence-corrected chi connectivity index (χ3v) is 5.17. The maximum atomic E-state index is 15.2. The van der Waals surface area contributed by atoms with Crippen LogP contribution in [0.15, 0.2) is 78.9 Å². The second-order valence-corrected chi connectivity index (χ2v) is 7.21. The predicted molar refractivity (Wildman–Crippen MR) is 115 cm³/mol. The van der Waals surface area contributed by atoms with Crippen molar-refractivity contribution in [2.75, 3.05) is 0 Å². The molecule has 0 aliphatic heterocycles. The Morgan fingerprint density at radius 2 is 1.43 bits per heavy atom. The summed E-state index contributed by atoms with van der Waals surface area (Å²) in [7, 11) is 0. The van der Waals surface area contributed by atoms with Gasteiger partial charge in [-0.2, -0.15) is 8.78 Å². The zero-order chi connectivity index (χ0) is 21.1. The maximum Gasteiger partial charge on any atom is 0.387 e. The van der Waals surface area contributed by atoms with Crippen molar-refractivity contribution in [2.24, 2.45) is 0 Å². The molecule has 1 nitrogen and oxygen atoms in total. The molecular weight excluding hydrogens is 385 g/mol. The molecule has 0 saturated heterocycles. The molecule has 0 fully saturated rings. The van der Waals surface area contributed by atoms with Gasteiger partial charge in [-0.05, 0) is 52.3 Å². The number of aryl methyl sites for hydroxylation is 1. The predicted octanol–water partition coefficient (Wildman–Crippen LogP) is 7.87. The minimum absolute atomic E-state index is 0.0459. The maximum absolute atomic E-state index is 15.2. The highest BCUT2D eigenvalue weighted by molar-refractivity contribution is 5.91. The molecule has 0 unspecified atom stereocenters. The van der Waals surface area contributed by atoms with Gasteiger partial charge in [0.15, 0.2) is 0 Å². The quantitative estimate of drug-likeness (QED) is 0.317. The van der Waals surface area contributed by atoms with Gasteiger partial charge in [0.1, 0.15) is 11.6 Å². The molecule has 30 heavy (non-hydrogen) atoms. The molecule has 0 aliphatic rings. The van der Waals surface area contributed by atoms with Gasteiger partial charge in [-0.25, -0.2) is 4.39 Å². The summed E-state index contributed by atoms with van der Waals surface area (Å²) in [4.78, 5) is 0. The summed E-state index contributed by atoms with van der Waals surface area (Å²) in [5.74, 6) is -0.288. The molecule has 152 valence electrons. The lowest BCUT2D eigenvalue weighted by molar-refractivity contribution is -0.0498. The van der Waals surface area contributed by atoms with Crippen molar-refractivity contribution in [3.8, 4) is 28.0 Å². The van der Waals surface area contributed by atoms with Crippen molar-refractivity contribution in [1.29, 1.82) is 0 Å². The van der Waals surface area contributed by atoms with Crippen LogP contribution in [-0.2, 0) is 6.42 Å². The molecule has 0 aromatic heterocycles. The Morgan fingerprint density at radius 1 is 0.767 bits per heavy atom. The molecule has 0 radical (unpaired) electrons.